The number of ether oxygens (including phenoxy) is 3. The highest BCUT2D eigenvalue weighted by Gasteiger charge is 2.79. The maximum Gasteiger partial charge on any atom is 0.428 e. The number of rotatable bonds is 7. The molecule has 0 heterocycles. The summed E-state index contributed by atoms with van der Waals surface area (Å²) >= 11 is 0. The molecule has 0 aliphatic heterocycles. The quantitative estimate of drug-likeness (QED) is 0.300. The van der Waals surface area contributed by atoms with Crippen LogP contribution in [0.25, 0.3) is 0 Å². The zero-order valence-electron chi connectivity index (χ0n) is 21.5. The first kappa shape index (κ1) is 28.3. The number of hydrogen-bond acceptors (Lipinski definition) is 9. The Morgan fingerprint density at radius 2 is 1.54 bits per heavy atom. The number of nitrogens with zero attached hydrogens (tertiary/aromatic N) is 2. The Hall–Kier alpha value is -2.89. The van der Waals surface area contributed by atoms with Crippen molar-refractivity contribution < 1.29 is 43.3 Å². The van der Waals surface area contributed by atoms with Gasteiger partial charge in [-0.05, 0) is 34.6 Å². The van der Waals surface area contributed by atoms with Gasteiger partial charge < -0.3 is 19.3 Å². The van der Waals surface area contributed by atoms with Crippen molar-refractivity contribution in [1.82, 2.24) is 15.6 Å². The standard InChI is InChI=1S/C23H37N3O9/c1-8-14(28)25(26(15(29)9-2)24-21(32)35-22(5,6)7)23(20(31)34-11-4)12-13(27)16-17(18(16)23)19(30)33-10-3/h13,16-18,27H,8-12H2,1-7H3,(H,24,32)/t13-,16-,17-,18-,23-/m0/s1. The highest BCUT2D eigenvalue weighted by Crippen LogP contribution is 2.65. The fourth-order valence-electron chi connectivity index (χ4n) is 4.77. The third kappa shape index (κ3) is 5.52. The summed E-state index contributed by atoms with van der Waals surface area (Å²) in [5.41, 5.74) is -0.556. The summed E-state index contributed by atoms with van der Waals surface area (Å²) in [6, 6.07) is 0. The molecule has 0 saturated heterocycles. The van der Waals surface area contributed by atoms with Gasteiger partial charge in [-0.15, -0.1) is 5.12 Å². The summed E-state index contributed by atoms with van der Waals surface area (Å²) in [5, 5.41) is 12.3. The second kappa shape index (κ2) is 10.8. The molecule has 0 aromatic carbocycles. The molecule has 12 heteroatoms. The average Bonchev–Trinajstić information content (AvgIpc) is 3.45. The molecule has 2 fully saturated rings. The molecular formula is C23H37N3O9. The average molecular weight is 500 g/mol. The van der Waals surface area contributed by atoms with Crippen LogP contribution in [0.4, 0.5) is 4.79 Å². The van der Waals surface area contributed by atoms with Crippen LogP contribution in [-0.4, -0.2) is 75.5 Å². The normalized spacial score (nSPS) is 26.7. The topological polar surface area (TPSA) is 152 Å². The summed E-state index contributed by atoms with van der Waals surface area (Å²) in [6.07, 6.45) is -2.75. The van der Waals surface area contributed by atoms with E-state index >= 15 is 0 Å². The van der Waals surface area contributed by atoms with Gasteiger partial charge in [-0.25, -0.2) is 20.0 Å². The molecule has 0 spiro atoms. The van der Waals surface area contributed by atoms with Gasteiger partial charge in [0.15, 0.2) is 5.54 Å². The monoisotopic (exact) mass is 499 g/mol. The van der Waals surface area contributed by atoms with Crippen molar-refractivity contribution in [3.05, 3.63) is 0 Å². The summed E-state index contributed by atoms with van der Waals surface area (Å²) in [7, 11) is 0. The molecule has 2 rings (SSSR count). The minimum Gasteiger partial charge on any atom is -0.466 e. The number of aliphatic hydroxyl groups is 1. The zero-order valence-corrected chi connectivity index (χ0v) is 21.5. The third-order valence-corrected chi connectivity index (χ3v) is 6.03. The third-order valence-electron chi connectivity index (χ3n) is 6.03. The predicted molar refractivity (Wildman–Crippen MR) is 121 cm³/mol. The molecule has 2 N–H and O–H groups in total. The lowest BCUT2D eigenvalue weighted by molar-refractivity contribution is -0.202. The van der Waals surface area contributed by atoms with Crippen molar-refractivity contribution >= 4 is 29.8 Å². The molecule has 0 aromatic rings. The number of carbonyl (C=O) groups is 5. The second-order valence-electron chi connectivity index (χ2n) is 9.53. The van der Waals surface area contributed by atoms with E-state index in [2.05, 4.69) is 5.43 Å². The van der Waals surface area contributed by atoms with E-state index in [1.807, 2.05) is 0 Å². The van der Waals surface area contributed by atoms with Gasteiger partial charge >= 0.3 is 18.0 Å². The van der Waals surface area contributed by atoms with E-state index in [0.717, 1.165) is 5.01 Å². The van der Waals surface area contributed by atoms with Crippen LogP contribution in [-0.2, 0) is 33.4 Å². The Kier molecular flexibility index (Phi) is 8.75. The van der Waals surface area contributed by atoms with E-state index in [1.54, 1.807) is 34.6 Å². The van der Waals surface area contributed by atoms with Crippen LogP contribution in [0.1, 0.15) is 67.7 Å². The van der Waals surface area contributed by atoms with Gasteiger partial charge in [-0.2, -0.15) is 0 Å². The van der Waals surface area contributed by atoms with Gasteiger partial charge in [0, 0.05) is 31.1 Å². The minimum atomic E-state index is -1.93. The van der Waals surface area contributed by atoms with E-state index in [0.29, 0.717) is 5.12 Å². The van der Waals surface area contributed by atoms with E-state index in [-0.39, 0.29) is 32.5 Å². The fourth-order valence-corrected chi connectivity index (χ4v) is 4.77. The molecule has 0 bridgehead atoms. The lowest BCUT2D eigenvalue weighted by Crippen LogP contribution is -2.70. The lowest BCUT2D eigenvalue weighted by atomic mass is 9.88. The van der Waals surface area contributed by atoms with Crippen LogP contribution >= 0.6 is 0 Å². The zero-order chi connectivity index (χ0) is 26.7. The van der Waals surface area contributed by atoms with Gasteiger partial charge in [-0.1, -0.05) is 13.8 Å². The largest absolute Gasteiger partial charge is 0.466 e. The van der Waals surface area contributed by atoms with Crippen LogP contribution < -0.4 is 5.43 Å². The first-order valence-electron chi connectivity index (χ1n) is 12.0. The van der Waals surface area contributed by atoms with Crippen molar-refractivity contribution in [2.45, 2.75) is 85.0 Å². The van der Waals surface area contributed by atoms with Gasteiger partial charge in [-0.3, -0.25) is 14.4 Å². The summed E-state index contributed by atoms with van der Waals surface area (Å²) in [4.78, 5) is 65.1. The number of fused-ring (bicyclic) bond motifs is 1. The SMILES string of the molecule is CCOC(=O)[C@H]1[C@H]2[C@@H]1[C@@](C(=O)OCC)(N(C(=O)CC)N(NC(=O)OC(C)(C)C)C(=O)CC)C[C@@H]2O. The van der Waals surface area contributed by atoms with Gasteiger partial charge in [0.2, 0.25) is 5.91 Å². The summed E-state index contributed by atoms with van der Waals surface area (Å²) < 4.78 is 15.7. The molecule has 12 nitrogen and oxygen atoms in total. The highest BCUT2D eigenvalue weighted by atomic mass is 16.6. The molecular weight excluding hydrogens is 462 g/mol. The Labute approximate surface area is 205 Å². The first-order chi connectivity index (χ1) is 16.3. The van der Waals surface area contributed by atoms with Crippen LogP contribution in [0, 0.1) is 17.8 Å². The second-order valence-corrected chi connectivity index (χ2v) is 9.53. The van der Waals surface area contributed by atoms with Gasteiger partial charge in [0.1, 0.15) is 5.60 Å². The molecule has 0 radical (unpaired) electrons. The Bertz CT molecular complexity index is 856. The number of hydrazine groups is 2. The van der Waals surface area contributed by atoms with Crippen molar-refractivity contribution in [1.29, 1.82) is 0 Å². The molecule has 35 heavy (non-hydrogen) atoms. The maximum atomic E-state index is 13.5. The van der Waals surface area contributed by atoms with Crippen molar-refractivity contribution in [3.63, 3.8) is 0 Å². The lowest BCUT2D eigenvalue weighted by Gasteiger charge is -2.45. The number of aliphatic hydroxyl groups excluding tert-OH is 1. The molecule has 0 aromatic heterocycles. The van der Waals surface area contributed by atoms with Crippen LogP contribution in [0.15, 0.2) is 0 Å². The smallest absolute Gasteiger partial charge is 0.428 e. The highest BCUT2D eigenvalue weighted by molar-refractivity contribution is 5.93. The van der Waals surface area contributed by atoms with Crippen molar-refractivity contribution in [3.8, 4) is 0 Å². The minimum absolute atomic E-state index is 0.0481. The van der Waals surface area contributed by atoms with Crippen LogP contribution in [0.3, 0.4) is 0 Å². The molecule has 198 valence electrons. The Morgan fingerprint density at radius 1 is 0.971 bits per heavy atom. The molecule has 0 unspecified atom stereocenters. The number of carbonyl (C=O) groups excluding carboxylic acids is 5. The first-order valence-corrected chi connectivity index (χ1v) is 12.0. The van der Waals surface area contributed by atoms with Crippen molar-refractivity contribution in [2.75, 3.05) is 13.2 Å². The molecule has 3 amide bonds. The van der Waals surface area contributed by atoms with E-state index in [4.69, 9.17) is 14.2 Å². The Balaban J connectivity index is 2.64. The fraction of sp³-hybridized carbons (Fsp3) is 0.783. The van der Waals surface area contributed by atoms with E-state index < -0.39 is 64.8 Å². The number of amides is 3. The number of esters is 2. The predicted octanol–water partition coefficient (Wildman–Crippen LogP) is 1.31. The molecule has 2 aliphatic carbocycles. The van der Waals surface area contributed by atoms with Crippen molar-refractivity contribution in [2.24, 2.45) is 17.8 Å². The maximum absolute atomic E-state index is 13.5. The molecule has 5 atom stereocenters. The summed E-state index contributed by atoms with van der Waals surface area (Å²) in [5.74, 6) is -5.35. The summed E-state index contributed by atoms with van der Waals surface area (Å²) in [6.45, 7) is 11.2. The van der Waals surface area contributed by atoms with Gasteiger partial charge in [0.05, 0.1) is 25.2 Å². The van der Waals surface area contributed by atoms with E-state index in [1.165, 1.54) is 13.8 Å². The number of hydrogen-bond donors (Lipinski definition) is 2. The van der Waals surface area contributed by atoms with Crippen LogP contribution in [0.5, 0.6) is 0 Å². The van der Waals surface area contributed by atoms with E-state index in [9.17, 15) is 29.1 Å². The van der Waals surface area contributed by atoms with Crippen LogP contribution in [0.2, 0.25) is 0 Å². The molecule has 2 aliphatic rings. The van der Waals surface area contributed by atoms with Gasteiger partial charge in [0.25, 0.3) is 5.91 Å². The Morgan fingerprint density at radius 3 is 2.03 bits per heavy atom. The number of nitrogens with one attached hydrogen (secondary N) is 1. The molecule has 2 saturated carbocycles.